The summed E-state index contributed by atoms with van der Waals surface area (Å²) < 4.78 is 14.3. The lowest BCUT2D eigenvalue weighted by Crippen LogP contribution is -2.35. The molecule has 0 bridgehead atoms. The van der Waals surface area contributed by atoms with Gasteiger partial charge in [0, 0.05) is 43.4 Å². The van der Waals surface area contributed by atoms with Gasteiger partial charge < -0.3 is 16.0 Å². The van der Waals surface area contributed by atoms with Gasteiger partial charge in [-0.1, -0.05) is 0 Å². The predicted octanol–water partition coefficient (Wildman–Crippen LogP) is 2.05. The molecule has 1 heterocycles. The molecule has 0 fully saturated rings. The van der Waals surface area contributed by atoms with Crippen LogP contribution in [0.1, 0.15) is 39.7 Å². The lowest BCUT2D eigenvalue weighted by Gasteiger charge is -2.21. The number of nitrogens with zero attached hydrogens (tertiary/aromatic N) is 1. The van der Waals surface area contributed by atoms with Crippen molar-refractivity contribution in [2.45, 2.75) is 46.2 Å². The topological polar surface area (TPSA) is 66.0 Å². The molecule has 0 atom stereocenters. The molecule has 0 saturated carbocycles. The molecule has 1 aromatic rings. The molecule has 118 valence electrons. The molecule has 0 radical (unpaired) electrons. The van der Waals surface area contributed by atoms with E-state index in [9.17, 15) is 9.18 Å². The molecule has 6 heteroatoms. The van der Waals surface area contributed by atoms with E-state index in [2.05, 4.69) is 20.9 Å². The molecule has 21 heavy (non-hydrogen) atoms. The highest BCUT2D eigenvalue weighted by atomic mass is 19.1. The van der Waals surface area contributed by atoms with Crippen molar-refractivity contribution in [2.24, 2.45) is 0 Å². The molecule has 1 rings (SSSR count). The van der Waals surface area contributed by atoms with Gasteiger partial charge in [-0.3, -0.25) is 4.79 Å². The summed E-state index contributed by atoms with van der Waals surface area (Å²) in [6, 6.07) is 1.66. The Morgan fingerprint density at radius 1 is 1.38 bits per heavy atom. The third kappa shape index (κ3) is 6.53. The van der Waals surface area contributed by atoms with Crippen LogP contribution in [-0.4, -0.2) is 29.5 Å². The molecule has 0 spiro atoms. The van der Waals surface area contributed by atoms with Crippen molar-refractivity contribution < 1.29 is 9.18 Å². The second kappa shape index (κ2) is 7.93. The van der Waals surface area contributed by atoms with Crippen molar-refractivity contribution in [2.75, 3.05) is 18.4 Å². The normalized spacial score (nSPS) is 11.3. The summed E-state index contributed by atoms with van der Waals surface area (Å²) in [4.78, 5) is 15.3. The molecule has 0 aromatic carbocycles. The Labute approximate surface area is 125 Å². The number of hydrogen-bond acceptors (Lipinski definition) is 4. The first-order valence-electron chi connectivity index (χ1n) is 7.22. The zero-order chi connectivity index (χ0) is 15.9. The van der Waals surface area contributed by atoms with Crippen molar-refractivity contribution in [3.8, 4) is 0 Å². The third-order valence-corrected chi connectivity index (χ3v) is 2.80. The number of nitrogens with one attached hydrogen (secondary N) is 3. The smallest absolute Gasteiger partial charge is 0.221 e. The molecule has 1 aromatic heterocycles. The largest absolute Gasteiger partial charge is 0.367 e. The number of amides is 1. The summed E-state index contributed by atoms with van der Waals surface area (Å²) in [6.45, 7) is 9.32. The van der Waals surface area contributed by atoms with Gasteiger partial charge in [-0.15, -0.1) is 0 Å². The highest BCUT2D eigenvalue weighted by Crippen LogP contribution is 2.15. The maximum Gasteiger partial charge on any atom is 0.221 e. The second-order valence-corrected chi connectivity index (χ2v) is 5.87. The highest BCUT2D eigenvalue weighted by Gasteiger charge is 2.13. The molecule has 0 aliphatic rings. The summed E-state index contributed by atoms with van der Waals surface area (Å²) >= 11 is 0. The first-order valence-corrected chi connectivity index (χ1v) is 7.22. The Morgan fingerprint density at radius 3 is 2.71 bits per heavy atom. The van der Waals surface area contributed by atoms with Gasteiger partial charge in [0.25, 0.3) is 0 Å². The van der Waals surface area contributed by atoms with Crippen LogP contribution in [0.2, 0.25) is 0 Å². The van der Waals surface area contributed by atoms with E-state index in [1.165, 1.54) is 0 Å². The zero-order valence-electron chi connectivity index (χ0n) is 13.2. The lowest BCUT2D eigenvalue weighted by molar-refractivity contribution is -0.120. The Kier molecular flexibility index (Phi) is 6.55. The minimum absolute atomic E-state index is 0.0593. The molecule has 3 N–H and O–H groups in total. The van der Waals surface area contributed by atoms with E-state index in [1.54, 1.807) is 12.3 Å². The number of rotatable bonds is 7. The molecular formula is C15H25FN4O. The van der Waals surface area contributed by atoms with Crippen LogP contribution in [-0.2, 0) is 11.3 Å². The van der Waals surface area contributed by atoms with E-state index >= 15 is 0 Å². The molecule has 0 aliphatic carbocycles. The van der Waals surface area contributed by atoms with Crippen molar-refractivity contribution in [1.29, 1.82) is 0 Å². The summed E-state index contributed by atoms with van der Waals surface area (Å²) in [6.07, 6.45) is 1.86. The maximum absolute atomic E-state index is 14.3. The molecule has 0 saturated heterocycles. The molecular weight excluding hydrogens is 271 g/mol. The third-order valence-electron chi connectivity index (χ3n) is 2.80. The number of carbonyl (C=O) groups is 1. The van der Waals surface area contributed by atoms with E-state index in [-0.39, 0.29) is 23.1 Å². The van der Waals surface area contributed by atoms with E-state index in [0.29, 0.717) is 31.6 Å². The SMILES string of the molecule is CCNC(=O)CCNc1nccc(CNC(C)(C)C)c1F. The maximum atomic E-state index is 14.3. The van der Waals surface area contributed by atoms with Gasteiger partial charge in [-0.2, -0.15) is 0 Å². The van der Waals surface area contributed by atoms with Crippen molar-refractivity contribution in [3.63, 3.8) is 0 Å². The summed E-state index contributed by atoms with van der Waals surface area (Å²) in [5.41, 5.74) is 0.474. The fraction of sp³-hybridized carbons (Fsp3) is 0.600. The first kappa shape index (κ1) is 17.4. The van der Waals surface area contributed by atoms with Crippen LogP contribution in [0.15, 0.2) is 12.3 Å². The van der Waals surface area contributed by atoms with Crippen LogP contribution in [0.5, 0.6) is 0 Å². The van der Waals surface area contributed by atoms with Crippen LogP contribution < -0.4 is 16.0 Å². The van der Waals surface area contributed by atoms with Gasteiger partial charge in [-0.25, -0.2) is 9.37 Å². The monoisotopic (exact) mass is 296 g/mol. The molecule has 0 unspecified atom stereocenters. The second-order valence-electron chi connectivity index (χ2n) is 5.87. The van der Waals surface area contributed by atoms with Gasteiger partial charge in [-0.05, 0) is 33.8 Å². The average Bonchev–Trinajstić information content (AvgIpc) is 2.38. The van der Waals surface area contributed by atoms with Gasteiger partial charge in [0.05, 0.1) is 0 Å². The van der Waals surface area contributed by atoms with E-state index in [4.69, 9.17) is 0 Å². The van der Waals surface area contributed by atoms with Gasteiger partial charge in [0.2, 0.25) is 5.91 Å². The standard InChI is InChI=1S/C15H25FN4O/c1-5-17-12(21)7-9-19-14-13(16)11(6-8-18-14)10-20-15(2,3)4/h6,8,20H,5,7,9-10H2,1-4H3,(H,17,21)(H,18,19). The van der Waals surface area contributed by atoms with E-state index in [1.807, 2.05) is 27.7 Å². The Balaban J connectivity index is 2.57. The Morgan fingerprint density at radius 2 is 2.10 bits per heavy atom. The van der Waals surface area contributed by atoms with Crippen molar-refractivity contribution in [1.82, 2.24) is 15.6 Å². The number of anilines is 1. The number of halogens is 1. The van der Waals surface area contributed by atoms with Crippen LogP contribution in [0, 0.1) is 5.82 Å². The number of pyridine rings is 1. The lowest BCUT2D eigenvalue weighted by atomic mass is 10.1. The number of carbonyl (C=O) groups excluding carboxylic acids is 1. The van der Waals surface area contributed by atoms with Crippen LogP contribution in [0.25, 0.3) is 0 Å². The first-order chi connectivity index (χ1) is 9.83. The van der Waals surface area contributed by atoms with Crippen LogP contribution in [0.4, 0.5) is 10.2 Å². The van der Waals surface area contributed by atoms with Crippen molar-refractivity contribution >= 4 is 11.7 Å². The van der Waals surface area contributed by atoms with Crippen molar-refractivity contribution in [3.05, 3.63) is 23.6 Å². The minimum Gasteiger partial charge on any atom is -0.367 e. The summed E-state index contributed by atoms with van der Waals surface area (Å²) in [5.74, 6) is -0.242. The quantitative estimate of drug-likeness (QED) is 0.720. The van der Waals surface area contributed by atoms with Gasteiger partial charge >= 0.3 is 0 Å². The molecule has 0 aliphatic heterocycles. The fourth-order valence-corrected chi connectivity index (χ4v) is 1.68. The van der Waals surface area contributed by atoms with E-state index in [0.717, 1.165) is 0 Å². The Hall–Kier alpha value is -1.69. The van der Waals surface area contributed by atoms with Gasteiger partial charge in [0.1, 0.15) is 0 Å². The molecule has 5 nitrogen and oxygen atoms in total. The van der Waals surface area contributed by atoms with E-state index < -0.39 is 0 Å². The Bertz CT molecular complexity index is 471. The summed E-state index contributed by atoms with van der Waals surface area (Å²) in [7, 11) is 0. The minimum atomic E-state index is -0.370. The average molecular weight is 296 g/mol. The number of hydrogen-bond donors (Lipinski definition) is 3. The van der Waals surface area contributed by atoms with Crippen LogP contribution >= 0.6 is 0 Å². The zero-order valence-corrected chi connectivity index (χ0v) is 13.2. The number of aromatic nitrogens is 1. The highest BCUT2D eigenvalue weighted by molar-refractivity contribution is 5.76. The van der Waals surface area contributed by atoms with Gasteiger partial charge in [0.15, 0.2) is 11.6 Å². The molecule has 1 amide bonds. The fourth-order valence-electron chi connectivity index (χ4n) is 1.68. The van der Waals surface area contributed by atoms with Crippen LogP contribution in [0.3, 0.4) is 0 Å². The summed E-state index contributed by atoms with van der Waals surface area (Å²) in [5, 5.41) is 8.79. The predicted molar refractivity (Wildman–Crippen MR) is 82.6 cm³/mol.